The molecule has 0 saturated heterocycles. The molecule has 0 saturated carbocycles. The maximum Gasteiger partial charge on any atom is 0.119 e. The minimum atomic E-state index is 0.697. The summed E-state index contributed by atoms with van der Waals surface area (Å²) in [5.41, 5.74) is 3.36. The van der Waals surface area contributed by atoms with E-state index >= 15 is 0 Å². The van der Waals surface area contributed by atoms with Crippen LogP contribution in [0.4, 0.5) is 0 Å². The van der Waals surface area contributed by atoms with Crippen LogP contribution >= 0.6 is 0 Å². The van der Waals surface area contributed by atoms with Gasteiger partial charge in [0.25, 0.3) is 0 Å². The van der Waals surface area contributed by atoms with Crippen LogP contribution in [0, 0.1) is 0 Å². The number of para-hydroxylation sites is 2. The number of H-pyrrole nitrogens is 1. The van der Waals surface area contributed by atoms with E-state index in [0.29, 0.717) is 6.61 Å². The molecule has 0 bridgehead atoms. The molecular formula is C18H21N3O. The summed E-state index contributed by atoms with van der Waals surface area (Å²) in [6.07, 6.45) is 0.889. The average molecular weight is 295 g/mol. The SMILES string of the molecule is CCOc1cccc(CNCCc2nc3ccccc3[nH]2)c1. The first kappa shape index (κ1) is 14.6. The molecule has 0 atom stereocenters. The van der Waals surface area contributed by atoms with Crippen LogP contribution in [0.15, 0.2) is 48.5 Å². The summed E-state index contributed by atoms with van der Waals surface area (Å²) in [5.74, 6) is 1.95. The molecule has 114 valence electrons. The van der Waals surface area contributed by atoms with Crippen molar-refractivity contribution in [1.82, 2.24) is 15.3 Å². The molecular weight excluding hydrogens is 274 g/mol. The quantitative estimate of drug-likeness (QED) is 0.658. The highest BCUT2D eigenvalue weighted by molar-refractivity contribution is 5.74. The fourth-order valence-corrected chi connectivity index (χ4v) is 2.48. The lowest BCUT2D eigenvalue weighted by molar-refractivity contribution is 0.340. The summed E-state index contributed by atoms with van der Waals surface area (Å²) in [5, 5.41) is 3.45. The summed E-state index contributed by atoms with van der Waals surface area (Å²) >= 11 is 0. The van der Waals surface area contributed by atoms with E-state index in [4.69, 9.17) is 4.74 Å². The third-order valence-corrected chi connectivity index (χ3v) is 3.52. The zero-order valence-electron chi connectivity index (χ0n) is 12.8. The Balaban J connectivity index is 1.50. The number of nitrogens with zero attached hydrogens (tertiary/aromatic N) is 1. The predicted molar refractivity (Wildman–Crippen MR) is 89.1 cm³/mol. The number of imidazole rings is 1. The van der Waals surface area contributed by atoms with Crippen LogP contribution < -0.4 is 10.1 Å². The highest BCUT2D eigenvalue weighted by Gasteiger charge is 2.02. The third-order valence-electron chi connectivity index (χ3n) is 3.52. The van der Waals surface area contributed by atoms with E-state index in [1.54, 1.807) is 0 Å². The molecule has 4 nitrogen and oxygen atoms in total. The first-order valence-electron chi connectivity index (χ1n) is 7.71. The number of ether oxygens (including phenoxy) is 1. The van der Waals surface area contributed by atoms with Crippen molar-refractivity contribution in [2.75, 3.05) is 13.2 Å². The Hall–Kier alpha value is -2.33. The van der Waals surface area contributed by atoms with Gasteiger partial charge in [0.15, 0.2) is 0 Å². The summed E-state index contributed by atoms with van der Waals surface area (Å²) in [4.78, 5) is 7.93. The normalized spacial score (nSPS) is 11.0. The van der Waals surface area contributed by atoms with E-state index in [2.05, 4.69) is 33.5 Å². The van der Waals surface area contributed by atoms with Crippen LogP contribution in [0.1, 0.15) is 18.3 Å². The number of aromatic nitrogens is 2. The Morgan fingerprint density at radius 1 is 1.14 bits per heavy atom. The average Bonchev–Trinajstić information content (AvgIpc) is 2.95. The van der Waals surface area contributed by atoms with Gasteiger partial charge in [0.2, 0.25) is 0 Å². The van der Waals surface area contributed by atoms with Crippen molar-refractivity contribution in [3.05, 3.63) is 59.9 Å². The van der Waals surface area contributed by atoms with Crippen LogP contribution in [0.5, 0.6) is 5.75 Å². The van der Waals surface area contributed by atoms with Gasteiger partial charge in [-0.25, -0.2) is 4.98 Å². The second kappa shape index (κ2) is 7.09. The lowest BCUT2D eigenvalue weighted by Crippen LogP contribution is -2.17. The van der Waals surface area contributed by atoms with E-state index in [1.807, 2.05) is 37.3 Å². The van der Waals surface area contributed by atoms with Crippen molar-refractivity contribution in [2.45, 2.75) is 19.9 Å². The number of fused-ring (bicyclic) bond motifs is 1. The van der Waals surface area contributed by atoms with Crippen molar-refractivity contribution in [1.29, 1.82) is 0 Å². The molecule has 0 spiro atoms. The number of hydrogen-bond acceptors (Lipinski definition) is 3. The predicted octanol–water partition coefficient (Wildman–Crippen LogP) is 3.29. The van der Waals surface area contributed by atoms with Gasteiger partial charge in [-0.1, -0.05) is 24.3 Å². The van der Waals surface area contributed by atoms with Gasteiger partial charge in [0, 0.05) is 19.5 Å². The van der Waals surface area contributed by atoms with E-state index < -0.39 is 0 Å². The first-order valence-corrected chi connectivity index (χ1v) is 7.71. The summed E-state index contributed by atoms with van der Waals surface area (Å²) in [7, 11) is 0. The van der Waals surface area contributed by atoms with E-state index in [1.165, 1.54) is 5.56 Å². The summed E-state index contributed by atoms with van der Waals surface area (Å²) in [6, 6.07) is 16.3. The standard InChI is InChI=1S/C18H21N3O/c1-2-22-15-7-5-6-14(12-15)13-19-11-10-18-20-16-8-3-4-9-17(16)21-18/h3-9,12,19H,2,10-11,13H2,1H3,(H,20,21). The molecule has 4 heteroatoms. The molecule has 2 aromatic carbocycles. The molecule has 3 aromatic rings. The molecule has 0 aliphatic carbocycles. The number of hydrogen-bond donors (Lipinski definition) is 2. The van der Waals surface area contributed by atoms with Crippen molar-refractivity contribution < 1.29 is 4.74 Å². The van der Waals surface area contributed by atoms with E-state index in [9.17, 15) is 0 Å². The van der Waals surface area contributed by atoms with Crippen LogP contribution in [-0.2, 0) is 13.0 Å². The van der Waals surface area contributed by atoms with Gasteiger partial charge in [-0.2, -0.15) is 0 Å². The largest absolute Gasteiger partial charge is 0.494 e. The smallest absolute Gasteiger partial charge is 0.119 e. The molecule has 0 unspecified atom stereocenters. The van der Waals surface area contributed by atoms with Crippen LogP contribution in [-0.4, -0.2) is 23.1 Å². The summed E-state index contributed by atoms with van der Waals surface area (Å²) < 4.78 is 5.51. The number of benzene rings is 2. The first-order chi connectivity index (χ1) is 10.8. The fraction of sp³-hybridized carbons (Fsp3) is 0.278. The van der Waals surface area contributed by atoms with Crippen molar-refractivity contribution in [2.24, 2.45) is 0 Å². The zero-order valence-corrected chi connectivity index (χ0v) is 12.8. The van der Waals surface area contributed by atoms with Crippen molar-refractivity contribution >= 4 is 11.0 Å². The number of aromatic amines is 1. The molecule has 3 rings (SSSR count). The summed E-state index contributed by atoms with van der Waals surface area (Å²) in [6.45, 7) is 4.42. The minimum Gasteiger partial charge on any atom is -0.494 e. The molecule has 0 radical (unpaired) electrons. The van der Waals surface area contributed by atoms with Gasteiger partial charge < -0.3 is 15.0 Å². The maximum absolute atomic E-state index is 5.51. The topological polar surface area (TPSA) is 49.9 Å². The highest BCUT2D eigenvalue weighted by Crippen LogP contribution is 2.13. The molecule has 0 aliphatic heterocycles. The van der Waals surface area contributed by atoms with Gasteiger partial charge in [0.1, 0.15) is 11.6 Å². The number of nitrogens with one attached hydrogen (secondary N) is 2. The van der Waals surface area contributed by atoms with Gasteiger partial charge in [0.05, 0.1) is 17.6 Å². The minimum absolute atomic E-state index is 0.697. The Kier molecular flexibility index (Phi) is 4.71. The van der Waals surface area contributed by atoms with E-state index in [0.717, 1.165) is 42.1 Å². The highest BCUT2D eigenvalue weighted by atomic mass is 16.5. The monoisotopic (exact) mass is 295 g/mol. The Morgan fingerprint density at radius 3 is 2.91 bits per heavy atom. The van der Waals surface area contributed by atoms with E-state index in [-0.39, 0.29) is 0 Å². The Bertz CT molecular complexity index is 703. The zero-order chi connectivity index (χ0) is 15.2. The Morgan fingerprint density at radius 2 is 2.05 bits per heavy atom. The second-order valence-electron chi connectivity index (χ2n) is 5.21. The number of rotatable bonds is 7. The van der Waals surface area contributed by atoms with Gasteiger partial charge in [-0.05, 0) is 36.8 Å². The molecule has 2 N–H and O–H groups in total. The van der Waals surface area contributed by atoms with Gasteiger partial charge in [-0.15, -0.1) is 0 Å². The lowest BCUT2D eigenvalue weighted by atomic mass is 10.2. The van der Waals surface area contributed by atoms with Gasteiger partial charge >= 0.3 is 0 Å². The van der Waals surface area contributed by atoms with Crippen LogP contribution in [0.25, 0.3) is 11.0 Å². The molecule has 0 fully saturated rings. The second-order valence-corrected chi connectivity index (χ2v) is 5.21. The van der Waals surface area contributed by atoms with Crippen molar-refractivity contribution in [3.63, 3.8) is 0 Å². The third kappa shape index (κ3) is 3.65. The Labute approximate surface area is 130 Å². The van der Waals surface area contributed by atoms with Crippen molar-refractivity contribution in [3.8, 4) is 5.75 Å². The van der Waals surface area contributed by atoms with Crippen LogP contribution in [0.2, 0.25) is 0 Å². The molecule has 22 heavy (non-hydrogen) atoms. The fourth-order valence-electron chi connectivity index (χ4n) is 2.48. The lowest BCUT2D eigenvalue weighted by Gasteiger charge is -2.07. The molecule has 0 amide bonds. The van der Waals surface area contributed by atoms with Crippen LogP contribution in [0.3, 0.4) is 0 Å². The van der Waals surface area contributed by atoms with Gasteiger partial charge in [-0.3, -0.25) is 0 Å². The molecule has 1 heterocycles. The maximum atomic E-state index is 5.51. The molecule has 0 aliphatic rings. The molecule has 1 aromatic heterocycles.